The van der Waals surface area contributed by atoms with Crippen LogP contribution in [0, 0.1) is 5.92 Å². The van der Waals surface area contributed by atoms with Crippen LogP contribution in [0.4, 0.5) is 13.2 Å². The third-order valence-corrected chi connectivity index (χ3v) is 2.75. The predicted molar refractivity (Wildman–Crippen MR) is 62.8 cm³/mol. The minimum atomic E-state index is -4.49. The number of ether oxygens (including phenoxy) is 1. The lowest BCUT2D eigenvalue weighted by molar-refractivity contribution is -0.216. The predicted octanol–water partition coefficient (Wildman–Crippen LogP) is 3.20. The van der Waals surface area contributed by atoms with Gasteiger partial charge in [-0.25, -0.2) is 0 Å². The minimum Gasteiger partial charge on any atom is -0.481 e. The topological polar surface area (TPSA) is 46.5 Å². The van der Waals surface area contributed by atoms with Gasteiger partial charge in [-0.3, -0.25) is 4.79 Å². The van der Waals surface area contributed by atoms with Gasteiger partial charge in [-0.05, 0) is 17.5 Å². The highest BCUT2D eigenvalue weighted by molar-refractivity contribution is 5.69. The summed E-state index contributed by atoms with van der Waals surface area (Å²) in [7, 11) is 0.991. The molecule has 0 aliphatic rings. The average molecular weight is 276 g/mol. The normalized spacial score (nSPS) is 15.0. The molecule has 19 heavy (non-hydrogen) atoms. The molecule has 0 aliphatic heterocycles. The van der Waals surface area contributed by atoms with Crippen molar-refractivity contribution in [3.8, 4) is 0 Å². The Bertz CT molecular complexity index is 443. The molecule has 0 aliphatic carbocycles. The Morgan fingerprint density at radius 2 is 2.05 bits per heavy atom. The number of methoxy groups -OCH3 is 1. The summed E-state index contributed by atoms with van der Waals surface area (Å²) >= 11 is 0. The molecule has 1 aromatic carbocycles. The second kappa shape index (κ2) is 6.06. The molecule has 0 saturated heterocycles. The third kappa shape index (κ3) is 4.24. The Morgan fingerprint density at radius 1 is 1.42 bits per heavy atom. The van der Waals surface area contributed by atoms with Crippen LogP contribution in [-0.2, 0) is 16.0 Å². The van der Waals surface area contributed by atoms with E-state index in [0.717, 1.165) is 7.11 Å². The van der Waals surface area contributed by atoms with Crippen LogP contribution in [0.5, 0.6) is 0 Å². The van der Waals surface area contributed by atoms with E-state index in [2.05, 4.69) is 4.74 Å². The monoisotopic (exact) mass is 276 g/mol. The first-order valence-corrected chi connectivity index (χ1v) is 5.67. The molecular formula is C13H15F3O3. The number of carboxylic acid groups (broad SMARTS) is 1. The van der Waals surface area contributed by atoms with E-state index in [1.807, 2.05) is 0 Å². The number of aliphatic carboxylic acids is 1. The lowest BCUT2D eigenvalue weighted by Gasteiger charge is -2.19. The second-order valence-electron chi connectivity index (χ2n) is 4.35. The van der Waals surface area contributed by atoms with Crippen LogP contribution >= 0.6 is 0 Å². The molecule has 0 amide bonds. The second-order valence-corrected chi connectivity index (χ2v) is 4.35. The minimum absolute atomic E-state index is 0.0231. The van der Waals surface area contributed by atoms with Gasteiger partial charge in [-0.2, -0.15) is 13.2 Å². The van der Waals surface area contributed by atoms with Gasteiger partial charge in [-0.1, -0.05) is 31.2 Å². The molecule has 2 atom stereocenters. The van der Waals surface area contributed by atoms with Crippen molar-refractivity contribution in [3.05, 3.63) is 35.4 Å². The Balaban J connectivity index is 2.96. The first-order chi connectivity index (χ1) is 8.75. The summed E-state index contributed by atoms with van der Waals surface area (Å²) < 4.78 is 42.6. The number of carbonyl (C=O) groups is 1. The molecule has 0 radical (unpaired) electrons. The van der Waals surface area contributed by atoms with E-state index in [1.54, 1.807) is 6.07 Å². The van der Waals surface area contributed by atoms with Crippen molar-refractivity contribution in [3.63, 3.8) is 0 Å². The molecule has 3 nitrogen and oxygen atoms in total. The summed E-state index contributed by atoms with van der Waals surface area (Å²) in [6, 6.07) is 5.72. The van der Waals surface area contributed by atoms with Crippen molar-refractivity contribution in [2.75, 3.05) is 7.11 Å². The highest BCUT2D eigenvalue weighted by Crippen LogP contribution is 2.35. The number of hydrogen-bond donors (Lipinski definition) is 1. The number of alkyl halides is 3. The number of benzene rings is 1. The summed E-state index contributed by atoms with van der Waals surface area (Å²) in [6.45, 7) is 1.51. The van der Waals surface area contributed by atoms with Gasteiger partial charge >= 0.3 is 12.1 Å². The number of carboxylic acids is 1. The Hall–Kier alpha value is -1.56. The van der Waals surface area contributed by atoms with Crippen LogP contribution in [0.1, 0.15) is 24.2 Å². The number of rotatable bonds is 5. The summed E-state index contributed by atoms with van der Waals surface area (Å²) in [5.74, 6) is -1.63. The zero-order chi connectivity index (χ0) is 14.6. The molecule has 1 N–H and O–H groups in total. The zero-order valence-corrected chi connectivity index (χ0v) is 10.6. The first kappa shape index (κ1) is 15.5. The van der Waals surface area contributed by atoms with Crippen LogP contribution in [0.15, 0.2) is 24.3 Å². The van der Waals surface area contributed by atoms with E-state index in [0.29, 0.717) is 5.56 Å². The van der Waals surface area contributed by atoms with Gasteiger partial charge in [0.25, 0.3) is 0 Å². The molecule has 0 heterocycles. The lowest BCUT2D eigenvalue weighted by Crippen LogP contribution is -2.22. The first-order valence-electron chi connectivity index (χ1n) is 5.67. The van der Waals surface area contributed by atoms with Gasteiger partial charge in [0.15, 0.2) is 6.10 Å². The van der Waals surface area contributed by atoms with Crippen molar-refractivity contribution in [1.82, 2.24) is 0 Å². The number of hydrogen-bond acceptors (Lipinski definition) is 2. The number of halogens is 3. The van der Waals surface area contributed by atoms with Gasteiger partial charge in [0.2, 0.25) is 0 Å². The Labute approximate surface area is 109 Å². The highest BCUT2D eigenvalue weighted by Gasteiger charge is 2.41. The molecule has 106 valence electrons. The summed E-state index contributed by atoms with van der Waals surface area (Å²) in [5, 5.41) is 8.79. The Kier molecular flexibility index (Phi) is 4.94. The maximum absolute atomic E-state index is 12.7. The lowest BCUT2D eigenvalue weighted by atomic mass is 9.98. The quantitative estimate of drug-likeness (QED) is 0.898. The van der Waals surface area contributed by atoms with Gasteiger partial charge in [-0.15, -0.1) is 0 Å². The fourth-order valence-electron chi connectivity index (χ4n) is 1.78. The molecule has 1 rings (SSSR count). The zero-order valence-electron chi connectivity index (χ0n) is 10.6. The molecule has 0 fully saturated rings. The fraction of sp³-hybridized carbons (Fsp3) is 0.462. The van der Waals surface area contributed by atoms with Crippen LogP contribution in [0.2, 0.25) is 0 Å². The maximum Gasteiger partial charge on any atom is 0.418 e. The molecule has 0 spiro atoms. The van der Waals surface area contributed by atoms with E-state index < -0.39 is 24.2 Å². The molecule has 6 heteroatoms. The molecule has 1 aromatic rings. The fourth-order valence-corrected chi connectivity index (χ4v) is 1.78. The van der Waals surface area contributed by atoms with Crippen LogP contribution in [-0.4, -0.2) is 24.4 Å². The highest BCUT2D eigenvalue weighted by atomic mass is 19.4. The largest absolute Gasteiger partial charge is 0.481 e. The smallest absolute Gasteiger partial charge is 0.418 e. The van der Waals surface area contributed by atoms with Crippen LogP contribution in [0.3, 0.4) is 0 Å². The standard InChI is InChI=1S/C13H15F3O3/c1-8(12(17)18)6-9-4-3-5-10(7-9)11(19-2)13(14,15)16/h3-5,7-8,11H,6H2,1-2H3,(H,17,18). The van der Waals surface area contributed by atoms with E-state index in [9.17, 15) is 18.0 Å². The van der Waals surface area contributed by atoms with Crippen molar-refractivity contribution < 1.29 is 27.8 Å². The van der Waals surface area contributed by atoms with E-state index in [4.69, 9.17) is 5.11 Å². The summed E-state index contributed by atoms with van der Waals surface area (Å²) in [6.07, 6.45) is -6.31. The van der Waals surface area contributed by atoms with E-state index in [-0.39, 0.29) is 12.0 Å². The van der Waals surface area contributed by atoms with E-state index in [1.165, 1.54) is 25.1 Å². The van der Waals surface area contributed by atoms with Crippen molar-refractivity contribution >= 4 is 5.97 Å². The summed E-state index contributed by atoms with van der Waals surface area (Å²) in [4.78, 5) is 10.7. The van der Waals surface area contributed by atoms with Gasteiger partial charge in [0, 0.05) is 7.11 Å². The molecular weight excluding hydrogens is 261 g/mol. The maximum atomic E-state index is 12.7. The molecule has 2 unspecified atom stereocenters. The van der Waals surface area contributed by atoms with Gasteiger partial charge < -0.3 is 9.84 Å². The van der Waals surface area contributed by atoms with Crippen molar-refractivity contribution in [2.45, 2.75) is 25.6 Å². The van der Waals surface area contributed by atoms with Crippen LogP contribution in [0.25, 0.3) is 0 Å². The van der Waals surface area contributed by atoms with Gasteiger partial charge in [0.1, 0.15) is 0 Å². The SMILES string of the molecule is COC(c1cccc(CC(C)C(=O)O)c1)C(F)(F)F. The molecule has 0 bridgehead atoms. The van der Waals surface area contributed by atoms with Crippen LogP contribution < -0.4 is 0 Å². The van der Waals surface area contributed by atoms with E-state index >= 15 is 0 Å². The summed E-state index contributed by atoms with van der Waals surface area (Å²) in [5.41, 5.74) is 0.517. The molecule has 0 saturated carbocycles. The van der Waals surface area contributed by atoms with Crippen molar-refractivity contribution in [1.29, 1.82) is 0 Å². The molecule has 0 aromatic heterocycles. The third-order valence-electron chi connectivity index (χ3n) is 2.75. The van der Waals surface area contributed by atoms with Gasteiger partial charge in [0.05, 0.1) is 5.92 Å². The average Bonchev–Trinajstić information content (AvgIpc) is 2.28. The van der Waals surface area contributed by atoms with Crippen molar-refractivity contribution in [2.24, 2.45) is 5.92 Å². The Morgan fingerprint density at radius 3 is 2.53 bits per heavy atom.